The molecule has 0 bridgehead atoms. The van der Waals surface area contributed by atoms with Gasteiger partial charge in [0.2, 0.25) is 0 Å². The van der Waals surface area contributed by atoms with Gasteiger partial charge < -0.3 is 0 Å². The second-order valence-corrected chi connectivity index (χ2v) is 11.8. The topological polar surface area (TPSA) is 0 Å². The Kier molecular flexibility index (Phi) is 7.85. The Balaban J connectivity index is 1.61. The Bertz CT molecular complexity index is 409. The van der Waals surface area contributed by atoms with Crippen LogP contribution in [0.25, 0.3) is 0 Å². The highest BCUT2D eigenvalue weighted by Gasteiger charge is 2.49. The average Bonchev–Trinajstić information content (AvgIpc) is 2.79. The summed E-state index contributed by atoms with van der Waals surface area (Å²) in [6.45, 7) is 2.88. The summed E-state index contributed by atoms with van der Waals surface area (Å²) >= 11 is 0. The van der Waals surface area contributed by atoms with E-state index >= 15 is 0 Å². The zero-order chi connectivity index (χ0) is 19.2. The summed E-state index contributed by atoms with van der Waals surface area (Å²) in [5.41, 5.74) is 0.667. The quantitative estimate of drug-likeness (QED) is 0.426. The fourth-order valence-corrected chi connectivity index (χ4v) is 8.66. The maximum atomic E-state index is 2.88. The molecule has 4 rings (SSSR count). The van der Waals surface area contributed by atoms with Crippen molar-refractivity contribution in [3.8, 4) is 0 Å². The second-order valence-electron chi connectivity index (χ2n) is 11.8. The smallest absolute Gasteiger partial charge is 0.0238 e. The van der Waals surface area contributed by atoms with Crippen LogP contribution >= 0.6 is 0 Å². The molecule has 0 N–H and O–H groups in total. The van der Waals surface area contributed by atoms with E-state index in [0.717, 1.165) is 29.6 Å². The van der Waals surface area contributed by atoms with Gasteiger partial charge in [0.05, 0.1) is 0 Å². The van der Waals surface area contributed by atoms with Crippen molar-refractivity contribution in [2.45, 2.75) is 142 Å². The molecular weight excluding hydrogens is 336 g/mol. The van der Waals surface area contributed by atoms with Crippen LogP contribution in [0.15, 0.2) is 0 Å². The van der Waals surface area contributed by atoms with Crippen molar-refractivity contribution < 1.29 is 0 Å². The molecule has 4 fully saturated rings. The Morgan fingerprint density at radius 2 is 0.929 bits per heavy atom. The molecule has 4 saturated carbocycles. The molecule has 0 radical (unpaired) electrons. The van der Waals surface area contributed by atoms with Gasteiger partial charge in [0, 0.05) is 0 Å². The Morgan fingerprint density at radius 1 is 0.536 bits per heavy atom. The third kappa shape index (κ3) is 4.83. The fraction of sp³-hybridized carbons (Fsp3) is 1.00. The van der Waals surface area contributed by atoms with Crippen molar-refractivity contribution in [2.24, 2.45) is 35.0 Å². The minimum Gasteiger partial charge on any atom is -0.0588 e. The molecular formula is C28H50. The van der Waals surface area contributed by atoms with Gasteiger partial charge >= 0.3 is 0 Å². The lowest BCUT2D eigenvalue weighted by molar-refractivity contribution is -0.0604. The standard InChI is InChI=1S/C28H50/c1-28(25-18-10-4-11-19-25,26-20-12-5-13-21-26)27(24-16-8-3-9-17-24)22-23-14-6-2-7-15-23/h23-27H,2-22H2,1H3. The van der Waals surface area contributed by atoms with Crippen LogP contribution < -0.4 is 0 Å². The highest BCUT2D eigenvalue weighted by molar-refractivity contribution is 4.99. The van der Waals surface area contributed by atoms with Crippen molar-refractivity contribution in [2.75, 3.05) is 0 Å². The van der Waals surface area contributed by atoms with Crippen LogP contribution in [-0.4, -0.2) is 0 Å². The maximum Gasteiger partial charge on any atom is -0.0238 e. The van der Waals surface area contributed by atoms with E-state index in [9.17, 15) is 0 Å². The van der Waals surface area contributed by atoms with Crippen LogP contribution in [-0.2, 0) is 0 Å². The summed E-state index contributed by atoms with van der Waals surface area (Å²) in [5, 5.41) is 0. The van der Waals surface area contributed by atoms with Crippen molar-refractivity contribution in [1.82, 2.24) is 0 Å². The fourth-order valence-electron chi connectivity index (χ4n) is 8.66. The third-order valence-electron chi connectivity index (χ3n) is 10.3. The van der Waals surface area contributed by atoms with Crippen molar-refractivity contribution in [3.63, 3.8) is 0 Å². The predicted octanol–water partition coefficient (Wildman–Crippen LogP) is 9.32. The SMILES string of the molecule is CC(C1CCCCC1)(C1CCCCC1)C(CC1CCCCC1)C1CCCCC1. The van der Waals surface area contributed by atoms with Crippen LogP contribution in [0.1, 0.15) is 142 Å². The zero-order valence-corrected chi connectivity index (χ0v) is 19.2. The molecule has 0 spiro atoms. The van der Waals surface area contributed by atoms with Crippen LogP contribution in [0.2, 0.25) is 0 Å². The van der Waals surface area contributed by atoms with E-state index in [1.807, 2.05) is 0 Å². The number of rotatable bonds is 6. The lowest BCUT2D eigenvalue weighted by Crippen LogP contribution is -2.47. The van der Waals surface area contributed by atoms with Crippen molar-refractivity contribution >= 4 is 0 Å². The molecule has 0 aliphatic heterocycles. The molecule has 0 aromatic heterocycles. The Labute approximate surface area is 177 Å². The predicted molar refractivity (Wildman–Crippen MR) is 123 cm³/mol. The molecule has 0 heteroatoms. The van der Waals surface area contributed by atoms with E-state index < -0.39 is 0 Å². The molecule has 0 aromatic rings. The van der Waals surface area contributed by atoms with Gasteiger partial charge in [-0.1, -0.05) is 110 Å². The molecule has 4 aliphatic rings. The first-order valence-electron chi connectivity index (χ1n) is 13.8. The first kappa shape index (κ1) is 21.2. The summed E-state index contributed by atoms with van der Waals surface area (Å²) in [5.74, 6) is 5.32. The molecule has 0 amide bonds. The summed E-state index contributed by atoms with van der Waals surface area (Å²) in [6.07, 6.45) is 32.6. The van der Waals surface area contributed by atoms with Gasteiger partial charge in [-0.25, -0.2) is 0 Å². The summed E-state index contributed by atoms with van der Waals surface area (Å²) < 4.78 is 0. The normalized spacial score (nSPS) is 29.0. The molecule has 0 saturated heterocycles. The summed E-state index contributed by atoms with van der Waals surface area (Å²) in [7, 11) is 0. The van der Waals surface area contributed by atoms with Gasteiger partial charge in [0.25, 0.3) is 0 Å². The Hall–Kier alpha value is 0. The highest BCUT2D eigenvalue weighted by Crippen LogP contribution is 2.58. The van der Waals surface area contributed by atoms with Crippen LogP contribution in [0.4, 0.5) is 0 Å². The largest absolute Gasteiger partial charge is 0.0588 e. The van der Waals surface area contributed by atoms with Crippen LogP contribution in [0.5, 0.6) is 0 Å². The van der Waals surface area contributed by atoms with E-state index in [0.29, 0.717) is 5.41 Å². The molecule has 1 atom stereocenters. The second kappa shape index (κ2) is 10.3. The first-order valence-corrected chi connectivity index (χ1v) is 13.8. The monoisotopic (exact) mass is 386 g/mol. The summed E-state index contributed by atoms with van der Waals surface area (Å²) in [6, 6.07) is 0. The van der Waals surface area contributed by atoms with Gasteiger partial charge in [-0.15, -0.1) is 0 Å². The van der Waals surface area contributed by atoms with Gasteiger partial charge in [-0.05, 0) is 67.1 Å². The first-order chi connectivity index (χ1) is 13.8. The van der Waals surface area contributed by atoms with E-state index in [4.69, 9.17) is 0 Å². The van der Waals surface area contributed by atoms with Crippen molar-refractivity contribution in [1.29, 1.82) is 0 Å². The molecule has 0 nitrogen and oxygen atoms in total. The van der Waals surface area contributed by atoms with Gasteiger partial charge in [-0.3, -0.25) is 0 Å². The minimum atomic E-state index is 0.667. The minimum absolute atomic E-state index is 0.667. The van der Waals surface area contributed by atoms with Crippen molar-refractivity contribution in [3.05, 3.63) is 0 Å². The average molecular weight is 387 g/mol. The molecule has 4 aliphatic carbocycles. The van der Waals surface area contributed by atoms with E-state index in [1.165, 1.54) is 77.0 Å². The number of hydrogen-bond donors (Lipinski definition) is 0. The van der Waals surface area contributed by atoms with E-state index in [2.05, 4.69) is 6.92 Å². The number of hydrogen-bond acceptors (Lipinski definition) is 0. The molecule has 1 unspecified atom stereocenters. The van der Waals surface area contributed by atoms with Gasteiger partial charge in [0.15, 0.2) is 0 Å². The van der Waals surface area contributed by atoms with Crippen LogP contribution in [0.3, 0.4) is 0 Å². The molecule has 28 heavy (non-hydrogen) atoms. The summed E-state index contributed by atoms with van der Waals surface area (Å²) in [4.78, 5) is 0. The van der Waals surface area contributed by atoms with E-state index in [1.54, 1.807) is 57.8 Å². The zero-order valence-electron chi connectivity index (χ0n) is 19.2. The van der Waals surface area contributed by atoms with E-state index in [-0.39, 0.29) is 0 Å². The van der Waals surface area contributed by atoms with Gasteiger partial charge in [0.1, 0.15) is 0 Å². The maximum absolute atomic E-state index is 2.88. The van der Waals surface area contributed by atoms with Crippen LogP contribution in [0, 0.1) is 35.0 Å². The lowest BCUT2D eigenvalue weighted by atomic mass is 9.50. The lowest BCUT2D eigenvalue weighted by Gasteiger charge is -2.55. The third-order valence-corrected chi connectivity index (χ3v) is 10.3. The van der Waals surface area contributed by atoms with Gasteiger partial charge in [-0.2, -0.15) is 0 Å². The highest BCUT2D eigenvalue weighted by atomic mass is 14.5. The Morgan fingerprint density at radius 3 is 1.39 bits per heavy atom. The molecule has 0 aromatic carbocycles. The molecule has 0 heterocycles. The molecule has 162 valence electrons.